The summed E-state index contributed by atoms with van der Waals surface area (Å²) in [7, 11) is 0. The molecular weight excluding hydrogens is 260 g/mol. The smallest absolute Gasteiger partial charge is 0.224 e. The van der Waals surface area contributed by atoms with Gasteiger partial charge in [-0.05, 0) is 36.6 Å². The van der Waals surface area contributed by atoms with Crippen LogP contribution in [0.15, 0.2) is 36.5 Å². The molecule has 1 fully saturated rings. The molecule has 0 atom stereocenters. The molecule has 1 aromatic carbocycles. The van der Waals surface area contributed by atoms with Gasteiger partial charge in [0.1, 0.15) is 0 Å². The highest BCUT2D eigenvalue weighted by atomic mass is 16.1. The third-order valence-electron chi connectivity index (χ3n) is 4.42. The van der Waals surface area contributed by atoms with E-state index in [4.69, 9.17) is 0 Å². The standard InChI is InChI=1S/C18H22N2O/c21-18(12-11-14-6-2-1-3-7-14)20-17-10-4-9-16-15(17)8-5-13-19-16/h4-5,8-10,13-14H,1-3,6-7,11-12H2,(H,20,21). The van der Waals surface area contributed by atoms with Crippen LogP contribution in [0.3, 0.4) is 0 Å². The van der Waals surface area contributed by atoms with Crippen LogP contribution >= 0.6 is 0 Å². The Bertz CT molecular complexity index is 612. The molecule has 1 aliphatic rings. The molecule has 1 saturated carbocycles. The maximum absolute atomic E-state index is 12.2. The van der Waals surface area contributed by atoms with Gasteiger partial charge in [0.25, 0.3) is 0 Å². The molecule has 1 heterocycles. The zero-order valence-electron chi connectivity index (χ0n) is 12.3. The van der Waals surface area contributed by atoms with Crippen molar-refractivity contribution in [2.75, 3.05) is 5.32 Å². The molecule has 1 amide bonds. The molecule has 110 valence electrons. The Morgan fingerprint density at radius 2 is 2.00 bits per heavy atom. The van der Waals surface area contributed by atoms with E-state index in [1.807, 2.05) is 30.3 Å². The molecule has 1 aliphatic carbocycles. The summed E-state index contributed by atoms with van der Waals surface area (Å²) in [6.07, 6.45) is 10.1. The van der Waals surface area contributed by atoms with E-state index in [1.54, 1.807) is 6.20 Å². The minimum absolute atomic E-state index is 0.122. The number of anilines is 1. The number of nitrogens with zero attached hydrogens (tertiary/aromatic N) is 1. The Morgan fingerprint density at radius 1 is 1.14 bits per heavy atom. The zero-order chi connectivity index (χ0) is 14.5. The minimum atomic E-state index is 0.122. The molecule has 0 spiro atoms. The number of hydrogen-bond acceptors (Lipinski definition) is 2. The summed E-state index contributed by atoms with van der Waals surface area (Å²) in [6.45, 7) is 0. The summed E-state index contributed by atoms with van der Waals surface area (Å²) in [4.78, 5) is 16.5. The second kappa shape index (κ2) is 6.70. The molecule has 21 heavy (non-hydrogen) atoms. The summed E-state index contributed by atoms with van der Waals surface area (Å²) in [6, 6.07) is 9.75. The van der Waals surface area contributed by atoms with Gasteiger partial charge in [0.05, 0.1) is 11.2 Å². The van der Waals surface area contributed by atoms with Crippen molar-refractivity contribution in [1.82, 2.24) is 4.98 Å². The molecule has 1 aromatic heterocycles. The van der Waals surface area contributed by atoms with Crippen molar-refractivity contribution in [3.63, 3.8) is 0 Å². The lowest BCUT2D eigenvalue weighted by atomic mass is 9.86. The zero-order valence-corrected chi connectivity index (χ0v) is 12.3. The van der Waals surface area contributed by atoms with E-state index in [2.05, 4.69) is 10.3 Å². The fourth-order valence-corrected chi connectivity index (χ4v) is 3.24. The van der Waals surface area contributed by atoms with Crippen LogP contribution in [0, 0.1) is 5.92 Å². The maximum Gasteiger partial charge on any atom is 0.224 e. The lowest BCUT2D eigenvalue weighted by Gasteiger charge is -2.21. The van der Waals surface area contributed by atoms with Gasteiger partial charge in [0, 0.05) is 18.0 Å². The number of benzene rings is 1. The Hall–Kier alpha value is -1.90. The topological polar surface area (TPSA) is 42.0 Å². The van der Waals surface area contributed by atoms with Gasteiger partial charge >= 0.3 is 0 Å². The number of carbonyl (C=O) groups excluding carboxylic acids is 1. The summed E-state index contributed by atoms with van der Waals surface area (Å²) in [5, 5.41) is 4.05. The number of aromatic nitrogens is 1. The first kappa shape index (κ1) is 14.1. The van der Waals surface area contributed by atoms with Crippen LogP contribution < -0.4 is 5.32 Å². The predicted molar refractivity (Wildman–Crippen MR) is 86.2 cm³/mol. The Kier molecular flexibility index (Phi) is 4.49. The molecule has 3 nitrogen and oxygen atoms in total. The highest BCUT2D eigenvalue weighted by Gasteiger charge is 2.15. The fraction of sp³-hybridized carbons (Fsp3) is 0.444. The van der Waals surface area contributed by atoms with Gasteiger partial charge in [0.2, 0.25) is 5.91 Å². The number of amides is 1. The van der Waals surface area contributed by atoms with E-state index in [-0.39, 0.29) is 5.91 Å². The van der Waals surface area contributed by atoms with Crippen molar-refractivity contribution in [3.05, 3.63) is 36.5 Å². The summed E-state index contributed by atoms with van der Waals surface area (Å²) in [5.74, 6) is 0.871. The normalized spacial score (nSPS) is 16.0. The molecule has 0 saturated heterocycles. The first-order chi connectivity index (χ1) is 10.3. The van der Waals surface area contributed by atoms with E-state index >= 15 is 0 Å². The molecule has 0 radical (unpaired) electrons. The summed E-state index contributed by atoms with van der Waals surface area (Å²) < 4.78 is 0. The molecule has 2 aromatic rings. The minimum Gasteiger partial charge on any atom is -0.325 e. The van der Waals surface area contributed by atoms with Crippen LogP contribution in [0.4, 0.5) is 5.69 Å². The number of rotatable bonds is 4. The van der Waals surface area contributed by atoms with E-state index in [0.717, 1.165) is 28.9 Å². The SMILES string of the molecule is O=C(CCC1CCCCC1)Nc1cccc2ncccc12. The lowest BCUT2D eigenvalue weighted by Crippen LogP contribution is -2.15. The average Bonchev–Trinajstić information content (AvgIpc) is 2.54. The van der Waals surface area contributed by atoms with Crippen LogP contribution in [0.2, 0.25) is 0 Å². The molecule has 0 unspecified atom stereocenters. The highest BCUT2D eigenvalue weighted by molar-refractivity contribution is 6.00. The van der Waals surface area contributed by atoms with Gasteiger partial charge in [0.15, 0.2) is 0 Å². The van der Waals surface area contributed by atoms with Gasteiger partial charge in [-0.2, -0.15) is 0 Å². The molecular formula is C18H22N2O. The van der Waals surface area contributed by atoms with Gasteiger partial charge in [-0.1, -0.05) is 38.2 Å². The number of nitrogens with one attached hydrogen (secondary N) is 1. The van der Waals surface area contributed by atoms with Crippen molar-refractivity contribution in [3.8, 4) is 0 Å². The number of carbonyl (C=O) groups is 1. The largest absolute Gasteiger partial charge is 0.325 e. The summed E-state index contributed by atoms with van der Waals surface area (Å²) in [5.41, 5.74) is 1.79. The van der Waals surface area contributed by atoms with Crippen LogP contribution in [-0.2, 0) is 4.79 Å². The van der Waals surface area contributed by atoms with Gasteiger partial charge < -0.3 is 5.32 Å². The summed E-state index contributed by atoms with van der Waals surface area (Å²) >= 11 is 0. The highest BCUT2D eigenvalue weighted by Crippen LogP contribution is 2.27. The Morgan fingerprint density at radius 3 is 2.86 bits per heavy atom. The van der Waals surface area contributed by atoms with E-state index in [0.29, 0.717) is 6.42 Å². The number of pyridine rings is 1. The molecule has 3 heteroatoms. The van der Waals surface area contributed by atoms with E-state index in [1.165, 1.54) is 32.1 Å². The van der Waals surface area contributed by atoms with Crippen molar-refractivity contribution in [1.29, 1.82) is 0 Å². The second-order valence-electron chi connectivity index (χ2n) is 5.97. The average molecular weight is 282 g/mol. The van der Waals surface area contributed by atoms with Gasteiger partial charge in [-0.3, -0.25) is 9.78 Å². The van der Waals surface area contributed by atoms with Crippen molar-refractivity contribution >= 4 is 22.5 Å². The van der Waals surface area contributed by atoms with Crippen LogP contribution in [0.5, 0.6) is 0 Å². The van der Waals surface area contributed by atoms with Gasteiger partial charge in [-0.15, -0.1) is 0 Å². The third kappa shape index (κ3) is 3.60. The van der Waals surface area contributed by atoms with Crippen molar-refractivity contribution < 1.29 is 4.79 Å². The maximum atomic E-state index is 12.2. The number of hydrogen-bond donors (Lipinski definition) is 1. The third-order valence-corrected chi connectivity index (χ3v) is 4.42. The van der Waals surface area contributed by atoms with Crippen LogP contribution in [-0.4, -0.2) is 10.9 Å². The first-order valence-corrected chi connectivity index (χ1v) is 7.96. The molecule has 3 rings (SSSR count). The predicted octanol–water partition coefficient (Wildman–Crippen LogP) is 4.53. The van der Waals surface area contributed by atoms with E-state index in [9.17, 15) is 4.79 Å². The lowest BCUT2D eigenvalue weighted by molar-refractivity contribution is -0.116. The molecule has 0 bridgehead atoms. The van der Waals surface area contributed by atoms with Crippen molar-refractivity contribution in [2.45, 2.75) is 44.9 Å². The fourth-order valence-electron chi connectivity index (χ4n) is 3.24. The Labute approximate surface area is 125 Å². The Balaban J connectivity index is 1.61. The molecule has 0 aliphatic heterocycles. The monoisotopic (exact) mass is 282 g/mol. The van der Waals surface area contributed by atoms with Crippen molar-refractivity contribution in [2.24, 2.45) is 5.92 Å². The quantitative estimate of drug-likeness (QED) is 0.895. The second-order valence-corrected chi connectivity index (χ2v) is 5.97. The number of fused-ring (bicyclic) bond motifs is 1. The van der Waals surface area contributed by atoms with Gasteiger partial charge in [-0.25, -0.2) is 0 Å². The first-order valence-electron chi connectivity index (χ1n) is 7.96. The molecule has 1 N–H and O–H groups in total. The van der Waals surface area contributed by atoms with E-state index < -0.39 is 0 Å². The van der Waals surface area contributed by atoms with Crippen LogP contribution in [0.25, 0.3) is 10.9 Å². The van der Waals surface area contributed by atoms with Crippen LogP contribution in [0.1, 0.15) is 44.9 Å².